The van der Waals surface area contributed by atoms with Crippen molar-refractivity contribution in [1.29, 1.82) is 0 Å². The number of ether oxygens (including phenoxy) is 1. The molecule has 3 heterocycles. The van der Waals surface area contributed by atoms with Crippen molar-refractivity contribution < 1.29 is 25.8 Å². The van der Waals surface area contributed by atoms with E-state index in [9.17, 15) is 0 Å². The molecule has 5 nitrogen and oxygen atoms in total. The van der Waals surface area contributed by atoms with E-state index in [4.69, 9.17) is 9.72 Å². The Hall–Kier alpha value is -5.12. The Bertz CT molecular complexity index is 2500. The van der Waals surface area contributed by atoms with Crippen LogP contribution in [0.2, 0.25) is 0 Å². The molecule has 0 saturated carbocycles. The standard InChI is InChI=1S/C50H49N4O.Pt/c1-34(2)27-36-13-10-14-37(28-35(3)4)49(36)38-23-24-51-48(29-38)54-46-20-9-8-19-44(46)45-22-21-43(32-47(45)54)55-42-18-12-17-41(31-42)53-26-25-52(33-53)40-16-11-15-39(30-40)50(5,6)7;/h8-26,29-30,33-35H,27-28H2,1-7H3;/q-3;. The van der Waals surface area contributed by atoms with E-state index in [0.717, 1.165) is 51.8 Å². The number of anilines is 2. The summed E-state index contributed by atoms with van der Waals surface area (Å²) in [4.78, 5) is 9.17. The number of rotatable bonds is 10. The van der Waals surface area contributed by atoms with Crippen molar-refractivity contribution in [3.63, 3.8) is 0 Å². The zero-order chi connectivity index (χ0) is 38.3. The largest absolute Gasteiger partial charge is 0.509 e. The van der Waals surface area contributed by atoms with Crippen molar-refractivity contribution in [3.05, 3.63) is 163 Å². The van der Waals surface area contributed by atoms with Crippen LogP contribution in [-0.2, 0) is 39.3 Å². The van der Waals surface area contributed by atoms with Gasteiger partial charge in [-0.2, -0.15) is 12.1 Å². The minimum Gasteiger partial charge on any atom is -0.509 e. The van der Waals surface area contributed by atoms with Crippen LogP contribution >= 0.6 is 0 Å². The summed E-state index contributed by atoms with van der Waals surface area (Å²) in [5.41, 5.74) is 10.7. The Labute approximate surface area is 346 Å². The summed E-state index contributed by atoms with van der Waals surface area (Å²) in [6.45, 7) is 18.0. The van der Waals surface area contributed by atoms with Gasteiger partial charge in [0.2, 0.25) is 0 Å². The molecule has 0 N–H and O–H groups in total. The van der Waals surface area contributed by atoms with Crippen molar-refractivity contribution in [2.75, 3.05) is 9.80 Å². The quantitative estimate of drug-likeness (QED) is 0.128. The first-order valence-electron chi connectivity index (χ1n) is 19.5. The number of fused-ring (bicyclic) bond motifs is 3. The molecular weight excluding hydrogens is 868 g/mol. The van der Waals surface area contributed by atoms with Gasteiger partial charge < -0.3 is 19.1 Å². The van der Waals surface area contributed by atoms with E-state index in [2.05, 4.69) is 173 Å². The number of nitrogens with zero attached hydrogens (tertiary/aromatic N) is 4. The molecule has 0 saturated heterocycles. The van der Waals surface area contributed by atoms with Gasteiger partial charge in [0.15, 0.2) is 0 Å². The summed E-state index contributed by atoms with van der Waals surface area (Å²) >= 11 is 0. The number of hydrogen-bond donors (Lipinski definition) is 0. The Morgan fingerprint density at radius 3 is 2.14 bits per heavy atom. The van der Waals surface area contributed by atoms with Gasteiger partial charge in [-0.15, -0.1) is 48.1 Å². The van der Waals surface area contributed by atoms with Crippen LogP contribution in [0.25, 0.3) is 38.8 Å². The molecule has 2 aromatic heterocycles. The van der Waals surface area contributed by atoms with Crippen molar-refractivity contribution in [1.82, 2.24) is 9.55 Å². The molecule has 0 radical (unpaired) electrons. The summed E-state index contributed by atoms with van der Waals surface area (Å²) in [7, 11) is 0. The Kier molecular flexibility index (Phi) is 11.3. The molecule has 288 valence electrons. The molecule has 8 rings (SSSR count). The van der Waals surface area contributed by atoms with E-state index < -0.39 is 0 Å². The molecule has 6 heteroatoms. The fourth-order valence-electron chi connectivity index (χ4n) is 7.66. The molecule has 1 aliphatic heterocycles. The minimum absolute atomic E-state index is 0. The van der Waals surface area contributed by atoms with Crippen LogP contribution in [-0.4, -0.2) is 9.55 Å². The van der Waals surface area contributed by atoms with Gasteiger partial charge in [0.05, 0.1) is 0 Å². The molecular formula is C50H49N4OPt-3. The number of para-hydroxylation sites is 1. The number of aromatic nitrogens is 2. The SMILES string of the molecule is CC(C)Cc1cccc(CC(C)C)c1-c1ccnc(-n2c3[c-]c(Oc4[c-]c(N5C=CN(c6cccc(C(C)(C)C)c6)[CH-]5)ccc4)ccc3c3ccccc32)c1.[Pt]. The summed E-state index contributed by atoms with van der Waals surface area (Å²) in [6, 6.07) is 45.7. The van der Waals surface area contributed by atoms with Gasteiger partial charge in [-0.05, 0) is 106 Å². The smallest absolute Gasteiger partial charge is 0.136 e. The minimum atomic E-state index is 0. The van der Waals surface area contributed by atoms with E-state index in [1.54, 1.807) is 0 Å². The van der Waals surface area contributed by atoms with Gasteiger partial charge in [0.25, 0.3) is 0 Å². The van der Waals surface area contributed by atoms with E-state index in [-0.39, 0.29) is 26.5 Å². The summed E-state index contributed by atoms with van der Waals surface area (Å²) in [5, 5.41) is 2.25. The average Bonchev–Trinajstić information content (AvgIpc) is 3.78. The van der Waals surface area contributed by atoms with Crippen LogP contribution in [0, 0.1) is 30.6 Å². The molecule has 5 aromatic carbocycles. The molecule has 0 atom stereocenters. The van der Waals surface area contributed by atoms with E-state index >= 15 is 0 Å². The molecule has 0 unspecified atom stereocenters. The Morgan fingerprint density at radius 2 is 1.39 bits per heavy atom. The third-order valence-corrected chi connectivity index (χ3v) is 10.2. The average molecular weight is 917 g/mol. The van der Waals surface area contributed by atoms with E-state index in [1.807, 2.05) is 36.7 Å². The van der Waals surface area contributed by atoms with Crippen molar-refractivity contribution in [2.24, 2.45) is 11.8 Å². The predicted molar refractivity (Wildman–Crippen MR) is 229 cm³/mol. The van der Waals surface area contributed by atoms with Crippen LogP contribution in [0.3, 0.4) is 0 Å². The normalized spacial score (nSPS) is 13.0. The first-order valence-corrected chi connectivity index (χ1v) is 19.5. The van der Waals surface area contributed by atoms with Crippen molar-refractivity contribution in [2.45, 2.75) is 66.7 Å². The van der Waals surface area contributed by atoms with Gasteiger partial charge in [0, 0.05) is 50.0 Å². The second-order valence-corrected chi connectivity index (χ2v) is 16.5. The zero-order valence-corrected chi connectivity index (χ0v) is 35.6. The molecule has 0 amide bonds. The maximum Gasteiger partial charge on any atom is 0.136 e. The monoisotopic (exact) mass is 916 g/mol. The van der Waals surface area contributed by atoms with Gasteiger partial charge >= 0.3 is 0 Å². The molecule has 0 fully saturated rings. The molecule has 0 spiro atoms. The van der Waals surface area contributed by atoms with Crippen molar-refractivity contribution >= 4 is 33.2 Å². The second kappa shape index (κ2) is 16.2. The Balaban J connectivity index is 0.00000480. The van der Waals surface area contributed by atoms with E-state index in [0.29, 0.717) is 23.3 Å². The van der Waals surface area contributed by atoms with Gasteiger partial charge in [-0.25, -0.2) is 4.98 Å². The zero-order valence-electron chi connectivity index (χ0n) is 33.3. The second-order valence-electron chi connectivity index (χ2n) is 16.5. The first-order chi connectivity index (χ1) is 26.5. The molecule has 0 bridgehead atoms. The summed E-state index contributed by atoms with van der Waals surface area (Å²) in [5.74, 6) is 3.19. The van der Waals surface area contributed by atoms with Gasteiger partial charge in [-0.3, -0.25) is 0 Å². The maximum absolute atomic E-state index is 6.51. The third kappa shape index (κ3) is 8.06. The Morgan fingerprint density at radius 1 is 0.696 bits per heavy atom. The molecule has 56 heavy (non-hydrogen) atoms. The third-order valence-electron chi connectivity index (χ3n) is 10.2. The topological polar surface area (TPSA) is 33.5 Å². The molecule has 1 aliphatic rings. The maximum atomic E-state index is 6.51. The molecule has 7 aromatic rings. The summed E-state index contributed by atoms with van der Waals surface area (Å²) < 4.78 is 8.74. The first kappa shape index (κ1) is 39.1. The van der Waals surface area contributed by atoms with Crippen molar-refractivity contribution in [3.8, 4) is 28.4 Å². The van der Waals surface area contributed by atoms with Crippen LogP contribution in [0.4, 0.5) is 11.4 Å². The fourth-order valence-corrected chi connectivity index (χ4v) is 7.66. The van der Waals surface area contributed by atoms with Gasteiger partial charge in [-0.1, -0.05) is 103 Å². The van der Waals surface area contributed by atoms with Crippen LogP contribution in [0.5, 0.6) is 11.5 Å². The van der Waals surface area contributed by atoms with Crippen LogP contribution in [0.1, 0.15) is 65.2 Å². The van der Waals surface area contributed by atoms with Crippen LogP contribution in [0.15, 0.2) is 128 Å². The number of pyridine rings is 1. The summed E-state index contributed by atoms with van der Waals surface area (Å²) in [6.07, 6.45) is 8.11. The van der Waals surface area contributed by atoms with Gasteiger partial charge in [0.1, 0.15) is 5.82 Å². The predicted octanol–water partition coefficient (Wildman–Crippen LogP) is 12.8. The molecule has 0 aliphatic carbocycles. The fraction of sp³-hybridized carbons (Fsp3) is 0.240. The number of hydrogen-bond acceptors (Lipinski definition) is 4. The van der Waals surface area contributed by atoms with Crippen LogP contribution < -0.4 is 14.5 Å². The number of benzene rings is 5. The van der Waals surface area contributed by atoms with E-state index in [1.165, 1.54) is 27.8 Å².